The first-order chi connectivity index (χ1) is 16.8. The molecule has 1 heterocycles. The maximum Gasteiger partial charge on any atom is 0.244 e. The Hall–Kier alpha value is -3.61. The fourth-order valence-corrected chi connectivity index (χ4v) is 6.38. The number of ether oxygens (including phenoxy) is 1. The molecule has 0 fully saturated rings. The molecule has 0 radical (unpaired) electrons. The van der Waals surface area contributed by atoms with Crippen LogP contribution >= 0.6 is 0 Å². The first kappa shape index (κ1) is 23.1. The van der Waals surface area contributed by atoms with Gasteiger partial charge in [-0.1, -0.05) is 60.2 Å². The predicted molar refractivity (Wildman–Crippen MR) is 137 cm³/mol. The predicted octanol–water partition coefficient (Wildman–Crippen LogP) is 5.98. The minimum atomic E-state index is -3.86. The lowest BCUT2D eigenvalue weighted by Crippen LogP contribution is -2.30. The summed E-state index contributed by atoms with van der Waals surface area (Å²) in [7, 11) is -2.25. The Morgan fingerprint density at radius 2 is 1.63 bits per heavy atom. The zero-order chi connectivity index (χ0) is 24.7. The van der Waals surface area contributed by atoms with E-state index in [0.29, 0.717) is 16.9 Å². The molecule has 4 aromatic rings. The molecule has 1 atom stereocenters. The summed E-state index contributed by atoms with van der Waals surface area (Å²) in [6.45, 7) is 3.85. The second-order valence-corrected chi connectivity index (χ2v) is 10.8. The molecule has 1 aliphatic rings. The number of methoxy groups -OCH3 is 1. The maximum atomic E-state index is 14.0. The average Bonchev–Trinajstić information content (AvgIpc) is 3.29. The molecule has 0 aromatic heterocycles. The lowest BCUT2D eigenvalue weighted by atomic mass is 9.88. The van der Waals surface area contributed by atoms with Crippen LogP contribution in [0.5, 0.6) is 11.5 Å². The largest absolute Gasteiger partial charge is 0.507 e. The molecule has 1 aliphatic heterocycles. The highest BCUT2D eigenvalue weighted by Crippen LogP contribution is 2.50. The van der Waals surface area contributed by atoms with Crippen LogP contribution in [-0.2, 0) is 16.6 Å². The summed E-state index contributed by atoms with van der Waals surface area (Å²) in [5, 5.41) is 11.1. The fraction of sp³-hybridized carbons (Fsp3) is 0.172. The zero-order valence-corrected chi connectivity index (χ0v) is 20.7. The van der Waals surface area contributed by atoms with Gasteiger partial charge in [0.25, 0.3) is 0 Å². The molecule has 0 spiro atoms. The van der Waals surface area contributed by atoms with Gasteiger partial charge < -0.3 is 9.84 Å². The number of sulfonamides is 1. The summed E-state index contributed by atoms with van der Waals surface area (Å²) in [5.41, 5.74) is 5.73. The molecule has 35 heavy (non-hydrogen) atoms. The summed E-state index contributed by atoms with van der Waals surface area (Å²) in [6, 6.07) is 25.5. The lowest BCUT2D eigenvalue weighted by Gasteiger charge is -2.26. The van der Waals surface area contributed by atoms with Crippen molar-refractivity contribution in [2.45, 2.75) is 31.3 Å². The van der Waals surface area contributed by atoms with Crippen LogP contribution in [0, 0.1) is 13.8 Å². The second kappa shape index (κ2) is 8.87. The number of phenolic OH excluding ortho intramolecular Hbond substituents is 1. The normalized spacial score (nSPS) is 15.7. The molecule has 1 N–H and O–H groups in total. The summed E-state index contributed by atoms with van der Waals surface area (Å²) < 4.78 is 34.9. The van der Waals surface area contributed by atoms with E-state index in [1.165, 1.54) is 4.31 Å². The molecule has 0 saturated heterocycles. The van der Waals surface area contributed by atoms with Gasteiger partial charge in [0, 0.05) is 12.1 Å². The number of rotatable bonds is 5. The molecular formula is C29H27NO4S. The summed E-state index contributed by atoms with van der Waals surface area (Å²) in [6.07, 6.45) is 0. The molecule has 5 nitrogen and oxygen atoms in total. The number of benzene rings is 4. The average molecular weight is 486 g/mol. The molecule has 4 aromatic carbocycles. The Bertz CT molecular complexity index is 1500. The number of phenols is 1. The number of fused-ring (bicyclic) bond motifs is 1. The standard InChI is InChI=1S/C29H27NO4S/c1-19-12-14-24(15-13-19)35(32,33)30-18-26-27(28(30)21-8-5-4-6-9-21)25(16-20(2)29(26)31)22-10-7-11-23(17-22)34-3/h4-17,28,31H,18H2,1-3H3. The van der Waals surface area contributed by atoms with E-state index in [0.717, 1.165) is 27.8 Å². The summed E-state index contributed by atoms with van der Waals surface area (Å²) in [4.78, 5) is 0.232. The molecule has 0 aliphatic carbocycles. The molecule has 178 valence electrons. The first-order valence-electron chi connectivity index (χ1n) is 11.4. The Labute approximate surface area is 206 Å². The van der Waals surface area contributed by atoms with E-state index in [1.807, 2.05) is 74.5 Å². The van der Waals surface area contributed by atoms with E-state index in [-0.39, 0.29) is 17.2 Å². The Morgan fingerprint density at radius 1 is 0.914 bits per heavy atom. The molecule has 1 unspecified atom stereocenters. The Morgan fingerprint density at radius 3 is 2.31 bits per heavy atom. The number of aromatic hydroxyl groups is 1. The molecule has 0 bridgehead atoms. The van der Waals surface area contributed by atoms with Crippen LogP contribution in [0.15, 0.2) is 89.8 Å². The molecule has 0 saturated carbocycles. The van der Waals surface area contributed by atoms with Crippen molar-refractivity contribution in [1.82, 2.24) is 4.31 Å². The van der Waals surface area contributed by atoms with Crippen LogP contribution < -0.4 is 4.74 Å². The lowest BCUT2D eigenvalue weighted by molar-refractivity contribution is 0.383. The van der Waals surface area contributed by atoms with Crippen molar-refractivity contribution < 1.29 is 18.3 Å². The Balaban J connectivity index is 1.77. The van der Waals surface area contributed by atoms with Crippen molar-refractivity contribution in [3.8, 4) is 22.6 Å². The van der Waals surface area contributed by atoms with Gasteiger partial charge in [-0.25, -0.2) is 8.42 Å². The van der Waals surface area contributed by atoms with Gasteiger partial charge in [-0.15, -0.1) is 0 Å². The van der Waals surface area contributed by atoms with E-state index in [1.54, 1.807) is 31.4 Å². The third-order valence-electron chi connectivity index (χ3n) is 6.63. The highest BCUT2D eigenvalue weighted by molar-refractivity contribution is 7.89. The van der Waals surface area contributed by atoms with E-state index in [4.69, 9.17) is 4.74 Å². The van der Waals surface area contributed by atoms with E-state index in [2.05, 4.69) is 0 Å². The maximum absolute atomic E-state index is 14.0. The van der Waals surface area contributed by atoms with Crippen LogP contribution in [0.2, 0.25) is 0 Å². The summed E-state index contributed by atoms with van der Waals surface area (Å²) >= 11 is 0. The van der Waals surface area contributed by atoms with E-state index in [9.17, 15) is 13.5 Å². The van der Waals surface area contributed by atoms with Crippen LogP contribution in [0.1, 0.15) is 33.9 Å². The third-order valence-corrected chi connectivity index (χ3v) is 8.46. The van der Waals surface area contributed by atoms with Gasteiger partial charge in [0.05, 0.1) is 18.0 Å². The van der Waals surface area contributed by atoms with E-state index < -0.39 is 16.1 Å². The molecular weight excluding hydrogens is 458 g/mol. The summed E-state index contributed by atoms with van der Waals surface area (Å²) in [5.74, 6) is 0.842. The number of aryl methyl sites for hydroxylation is 2. The van der Waals surface area contributed by atoms with Crippen LogP contribution in [0.25, 0.3) is 11.1 Å². The molecule has 5 rings (SSSR count). The quantitative estimate of drug-likeness (QED) is 0.378. The van der Waals surface area contributed by atoms with Gasteiger partial charge in [-0.2, -0.15) is 4.31 Å². The van der Waals surface area contributed by atoms with Crippen LogP contribution in [-0.4, -0.2) is 24.9 Å². The van der Waals surface area contributed by atoms with Crippen molar-refractivity contribution in [2.24, 2.45) is 0 Å². The number of hydrogen-bond donors (Lipinski definition) is 1. The minimum absolute atomic E-state index is 0.0790. The van der Waals surface area contributed by atoms with Gasteiger partial charge in [0.1, 0.15) is 11.5 Å². The van der Waals surface area contributed by atoms with Crippen molar-refractivity contribution in [2.75, 3.05) is 7.11 Å². The highest BCUT2D eigenvalue weighted by Gasteiger charge is 2.43. The topological polar surface area (TPSA) is 66.8 Å². The molecule has 0 amide bonds. The van der Waals surface area contributed by atoms with Gasteiger partial charge in [-0.3, -0.25) is 0 Å². The van der Waals surface area contributed by atoms with Gasteiger partial charge in [0.2, 0.25) is 10.0 Å². The van der Waals surface area contributed by atoms with Crippen LogP contribution in [0.3, 0.4) is 0 Å². The van der Waals surface area contributed by atoms with Crippen molar-refractivity contribution in [3.63, 3.8) is 0 Å². The third kappa shape index (κ3) is 3.99. The van der Waals surface area contributed by atoms with Crippen LogP contribution in [0.4, 0.5) is 0 Å². The SMILES string of the molecule is COc1cccc(-c2cc(C)c(O)c3c2C(c2ccccc2)N(S(=O)(=O)c2ccc(C)cc2)C3)c1. The first-order valence-corrected chi connectivity index (χ1v) is 12.9. The van der Waals surface area contributed by atoms with Gasteiger partial charge >= 0.3 is 0 Å². The Kier molecular flexibility index (Phi) is 5.87. The van der Waals surface area contributed by atoms with Gasteiger partial charge in [0.15, 0.2) is 0 Å². The van der Waals surface area contributed by atoms with Crippen molar-refractivity contribution in [1.29, 1.82) is 0 Å². The monoisotopic (exact) mass is 485 g/mol. The molecule has 6 heteroatoms. The van der Waals surface area contributed by atoms with Crippen molar-refractivity contribution >= 4 is 10.0 Å². The number of nitrogens with zero attached hydrogens (tertiary/aromatic N) is 1. The smallest absolute Gasteiger partial charge is 0.244 e. The highest BCUT2D eigenvalue weighted by atomic mass is 32.2. The zero-order valence-electron chi connectivity index (χ0n) is 19.9. The number of hydrogen-bond acceptors (Lipinski definition) is 4. The van der Waals surface area contributed by atoms with Crippen molar-refractivity contribution in [3.05, 3.63) is 113 Å². The minimum Gasteiger partial charge on any atom is -0.507 e. The fourth-order valence-electron chi connectivity index (χ4n) is 4.82. The van der Waals surface area contributed by atoms with Gasteiger partial charge in [-0.05, 0) is 72.0 Å². The second-order valence-electron chi connectivity index (χ2n) is 8.89. The van der Waals surface area contributed by atoms with E-state index >= 15 is 0 Å².